The molecule has 0 saturated carbocycles. The van der Waals surface area contributed by atoms with Crippen molar-refractivity contribution >= 4 is 11.8 Å². The molecule has 1 fully saturated rings. The molecular formula is C18H28N4O2. The van der Waals surface area contributed by atoms with Gasteiger partial charge in [-0.05, 0) is 19.4 Å². The van der Waals surface area contributed by atoms with Crippen LogP contribution in [0, 0.1) is 0 Å². The molecule has 1 aromatic rings. The van der Waals surface area contributed by atoms with Crippen molar-refractivity contribution in [1.29, 1.82) is 0 Å². The number of benzene rings is 1. The molecule has 0 spiro atoms. The summed E-state index contributed by atoms with van der Waals surface area (Å²) >= 11 is 0. The topological polar surface area (TPSA) is 69.9 Å². The smallest absolute Gasteiger partial charge is 0.312 e. The Balaban J connectivity index is 1.98. The van der Waals surface area contributed by atoms with E-state index in [1.54, 1.807) is 9.80 Å². The van der Waals surface area contributed by atoms with E-state index in [2.05, 4.69) is 4.90 Å². The molecule has 6 nitrogen and oxygen atoms in total. The second-order valence-corrected chi connectivity index (χ2v) is 6.43. The number of rotatable bonds is 5. The van der Waals surface area contributed by atoms with Crippen molar-refractivity contribution in [1.82, 2.24) is 14.7 Å². The van der Waals surface area contributed by atoms with Gasteiger partial charge in [0, 0.05) is 51.9 Å². The van der Waals surface area contributed by atoms with Crippen LogP contribution >= 0.6 is 0 Å². The fourth-order valence-electron chi connectivity index (χ4n) is 2.88. The van der Waals surface area contributed by atoms with Gasteiger partial charge >= 0.3 is 11.8 Å². The molecule has 1 aromatic carbocycles. The second kappa shape index (κ2) is 8.80. The van der Waals surface area contributed by atoms with Crippen molar-refractivity contribution in [3.63, 3.8) is 0 Å². The van der Waals surface area contributed by atoms with Gasteiger partial charge in [-0.2, -0.15) is 0 Å². The first-order valence-electron chi connectivity index (χ1n) is 8.59. The highest BCUT2D eigenvalue weighted by molar-refractivity contribution is 6.35. The summed E-state index contributed by atoms with van der Waals surface area (Å²) in [6, 6.07) is 9.74. The summed E-state index contributed by atoms with van der Waals surface area (Å²) in [5, 5.41) is 0. The van der Waals surface area contributed by atoms with Gasteiger partial charge in [0.25, 0.3) is 0 Å². The first kappa shape index (κ1) is 18.4. The molecule has 0 radical (unpaired) electrons. The molecule has 24 heavy (non-hydrogen) atoms. The maximum Gasteiger partial charge on any atom is 0.312 e. The summed E-state index contributed by atoms with van der Waals surface area (Å²) in [5.41, 5.74) is 6.59. The molecule has 2 rings (SSSR count). The number of nitrogens with two attached hydrogens (primary N) is 1. The lowest BCUT2D eigenvalue weighted by atomic mass is 10.2. The van der Waals surface area contributed by atoms with Crippen LogP contribution in [0.2, 0.25) is 0 Å². The van der Waals surface area contributed by atoms with Crippen molar-refractivity contribution in [3.05, 3.63) is 35.9 Å². The lowest BCUT2D eigenvalue weighted by molar-refractivity contribution is -0.154. The molecule has 1 aliphatic rings. The normalized spacial score (nSPS) is 15.6. The predicted octanol–water partition coefficient (Wildman–Crippen LogP) is 0.527. The van der Waals surface area contributed by atoms with E-state index in [9.17, 15) is 9.59 Å². The third-order valence-corrected chi connectivity index (χ3v) is 4.37. The Morgan fingerprint density at radius 2 is 1.75 bits per heavy atom. The van der Waals surface area contributed by atoms with Crippen LogP contribution in [0.5, 0.6) is 0 Å². The molecule has 0 unspecified atom stereocenters. The number of carbonyl (C=O) groups is 2. The van der Waals surface area contributed by atoms with Crippen LogP contribution in [0.4, 0.5) is 0 Å². The van der Waals surface area contributed by atoms with E-state index in [0.717, 1.165) is 25.2 Å². The van der Waals surface area contributed by atoms with Crippen molar-refractivity contribution in [2.45, 2.75) is 26.4 Å². The van der Waals surface area contributed by atoms with Crippen LogP contribution in [-0.4, -0.2) is 71.8 Å². The van der Waals surface area contributed by atoms with Gasteiger partial charge in [0.2, 0.25) is 0 Å². The fraction of sp³-hybridized carbons (Fsp3) is 0.556. The van der Waals surface area contributed by atoms with Crippen molar-refractivity contribution < 1.29 is 9.59 Å². The number of nitrogens with zero attached hydrogens (tertiary/aromatic N) is 3. The number of carbonyl (C=O) groups excluding carboxylic acids is 2. The largest absolute Gasteiger partial charge is 0.332 e. The van der Waals surface area contributed by atoms with Gasteiger partial charge in [-0.25, -0.2) is 0 Å². The highest BCUT2D eigenvalue weighted by Gasteiger charge is 2.30. The molecule has 132 valence electrons. The highest BCUT2D eigenvalue weighted by Crippen LogP contribution is 2.11. The minimum absolute atomic E-state index is 0.0276. The van der Waals surface area contributed by atoms with E-state index >= 15 is 0 Å². The molecule has 1 aliphatic heterocycles. The Morgan fingerprint density at radius 1 is 1.12 bits per heavy atom. The standard InChI is InChI=1S/C18H28N4O2/c1-15(2)22(14-16-6-4-3-5-7-16)18(24)17(23)21-12-10-20(9-8-19)11-13-21/h3-7,15H,8-14,19H2,1-2H3. The maximum atomic E-state index is 12.7. The van der Waals surface area contributed by atoms with Crippen LogP contribution in [0.1, 0.15) is 19.4 Å². The molecule has 0 aromatic heterocycles. The monoisotopic (exact) mass is 332 g/mol. The molecule has 0 bridgehead atoms. The van der Waals surface area contributed by atoms with E-state index in [-0.39, 0.29) is 6.04 Å². The maximum absolute atomic E-state index is 12.7. The molecule has 2 N–H and O–H groups in total. The zero-order valence-corrected chi connectivity index (χ0v) is 14.6. The second-order valence-electron chi connectivity index (χ2n) is 6.43. The number of piperazine rings is 1. The van der Waals surface area contributed by atoms with Crippen molar-refractivity contribution in [3.8, 4) is 0 Å². The van der Waals surface area contributed by atoms with Crippen LogP contribution in [0.25, 0.3) is 0 Å². The Morgan fingerprint density at radius 3 is 2.29 bits per heavy atom. The molecule has 1 saturated heterocycles. The van der Waals surface area contributed by atoms with Crippen LogP contribution in [-0.2, 0) is 16.1 Å². The Labute approximate surface area is 144 Å². The Bertz CT molecular complexity index is 539. The van der Waals surface area contributed by atoms with E-state index in [1.165, 1.54) is 0 Å². The summed E-state index contributed by atoms with van der Waals surface area (Å²) in [6.07, 6.45) is 0. The number of hydrogen-bond donors (Lipinski definition) is 1. The summed E-state index contributed by atoms with van der Waals surface area (Å²) < 4.78 is 0. The molecule has 6 heteroatoms. The van der Waals surface area contributed by atoms with Gasteiger partial charge in [-0.1, -0.05) is 30.3 Å². The third kappa shape index (κ3) is 4.79. The van der Waals surface area contributed by atoms with Crippen molar-refractivity contribution in [2.75, 3.05) is 39.3 Å². The summed E-state index contributed by atoms with van der Waals surface area (Å²) in [5.74, 6) is -0.812. The first-order valence-corrected chi connectivity index (χ1v) is 8.59. The average Bonchev–Trinajstić information content (AvgIpc) is 2.60. The predicted molar refractivity (Wildman–Crippen MR) is 94.2 cm³/mol. The molecule has 0 aliphatic carbocycles. The third-order valence-electron chi connectivity index (χ3n) is 4.37. The minimum atomic E-state index is -0.416. The SMILES string of the molecule is CC(C)N(Cc1ccccc1)C(=O)C(=O)N1CCN(CCN)CC1. The summed E-state index contributed by atoms with van der Waals surface area (Å²) in [7, 11) is 0. The van der Waals surface area contributed by atoms with E-state index < -0.39 is 11.8 Å². The zero-order chi connectivity index (χ0) is 17.5. The van der Waals surface area contributed by atoms with E-state index in [1.807, 2.05) is 44.2 Å². The summed E-state index contributed by atoms with van der Waals surface area (Å²) in [6.45, 7) is 8.50. The van der Waals surface area contributed by atoms with Crippen molar-refractivity contribution in [2.24, 2.45) is 5.73 Å². The van der Waals surface area contributed by atoms with Crippen LogP contribution in [0.3, 0.4) is 0 Å². The van der Waals surface area contributed by atoms with Crippen LogP contribution < -0.4 is 5.73 Å². The van der Waals surface area contributed by atoms with Gasteiger partial charge < -0.3 is 15.5 Å². The van der Waals surface area contributed by atoms with Crippen LogP contribution in [0.15, 0.2) is 30.3 Å². The lowest BCUT2D eigenvalue weighted by Gasteiger charge is -2.35. The molecular weight excluding hydrogens is 304 g/mol. The Kier molecular flexibility index (Phi) is 6.75. The van der Waals surface area contributed by atoms with Gasteiger partial charge in [-0.15, -0.1) is 0 Å². The van der Waals surface area contributed by atoms with Gasteiger partial charge in [0.15, 0.2) is 0 Å². The average molecular weight is 332 g/mol. The zero-order valence-electron chi connectivity index (χ0n) is 14.6. The Hall–Kier alpha value is -1.92. The highest BCUT2D eigenvalue weighted by atomic mass is 16.2. The lowest BCUT2D eigenvalue weighted by Crippen LogP contribution is -2.54. The van der Waals surface area contributed by atoms with E-state index in [0.29, 0.717) is 26.2 Å². The minimum Gasteiger partial charge on any atom is -0.332 e. The molecule has 1 heterocycles. The van der Waals surface area contributed by atoms with Gasteiger partial charge in [0.1, 0.15) is 0 Å². The molecule has 0 atom stereocenters. The first-order chi connectivity index (χ1) is 11.5. The van der Waals surface area contributed by atoms with E-state index in [4.69, 9.17) is 5.73 Å². The number of amides is 2. The quantitative estimate of drug-likeness (QED) is 0.799. The molecule has 2 amide bonds. The van der Waals surface area contributed by atoms with Gasteiger partial charge in [0.05, 0.1) is 0 Å². The van der Waals surface area contributed by atoms with Gasteiger partial charge in [-0.3, -0.25) is 14.5 Å². The summed E-state index contributed by atoms with van der Waals surface area (Å²) in [4.78, 5) is 30.8. The fourth-order valence-corrected chi connectivity index (χ4v) is 2.88. The number of hydrogen-bond acceptors (Lipinski definition) is 4.